The normalized spacial score (nSPS) is 16.3. The highest BCUT2D eigenvalue weighted by Gasteiger charge is 2.34. The number of hydrogen-bond acceptors (Lipinski definition) is 4. The summed E-state index contributed by atoms with van der Waals surface area (Å²) < 4.78 is 5.50. The van der Waals surface area contributed by atoms with E-state index in [-0.39, 0.29) is 12.6 Å². The molecule has 0 saturated heterocycles. The Balaban J connectivity index is 1.69. The van der Waals surface area contributed by atoms with Crippen LogP contribution in [0.4, 0.5) is 10.5 Å². The van der Waals surface area contributed by atoms with Crippen LogP contribution in [0, 0.1) is 6.92 Å². The fraction of sp³-hybridized carbons (Fsp3) is 0.412. The maximum atomic E-state index is 12.2. The molecule has 1 aliphatic rings. The highest BCUT2D eigenvalue weighted by molar-refractivity contribution is 5.90. The van der Waals surface area contributed by atoms with Gasteiger partial charge in [0.25, 0.3) is 0 Å². The third kappa shape index (κ3) is 3.53. The van der Waals surface area contributed by atoms with Crippen molar-refractivity contribution in [2.24, 2.45) is 0 Å². The van der Waals surface area contributed by atoms with Gasteiger partial charge in [0.15, 0.2) is 0 Å². The fourth-order valence-electron chi connectivity index (χ4n) is 3.00. The van der Waals surface area contributed by atoms with Crippen molar-refractivity contribution in [2.75, 3.05) is 11.9 Å². The SMILES string of the molecule is Cc1cnc(-c2cccc(NC(=O)NC3(CO)CCCC3)c2)o1. The van der Waals surface area contributed by atoms with E-state index in [1.165, 1.54) is 0 Å². The molecule has 1 fully saturated rings. The summed E-state index contributed by atoms with van der Waals surface area (Å²) >= 11 is 0. The van der Waals surface area contributed by atoms with E-state index in [4.69, 9.17) is 4.42 Å². The Hall–Kier alpha value is -2.34. The van der Waals surface area contributed by atoms with Gasteiger partial charge in [-0.05, 0) is 38.0 Å². The molecule has 0 aliphatic heterocycles. The zero-order valence-corrected chi connectivity index (χ0v) is 13.1. The predicted molar refractivity (Wildman–Crippen MR) is 87.1 cm³/mol. The monoisotopic (exact) mass is 315 g/mol. The molecule has 3 N–H and O–H groups in total. The number of urea groups is 1. The van der Waals surface area contributed by atoms with E-state index in [0.717, 1.165) is 37.0 Å². The molecule has 1 aromatic heterocycles. The molecule has 2 amide bonds. The minimum atomic E-state index is -0.485. The van der Waals surface area contributed by atoms with Crippen molar-refractivity contribution in [3.8, 4) is 11.5 Å². The molecule has 6 nitrogen and oxygen atoms in total. The van der Waals surface area contributed by atoms with E-state index in [1.807, 2.05) is 25.1 Å². The molecule has 23 heavy (non-hydrogen) atoms. The number of aliphatic hydroxyl groups excluding tert-OH is 1. The minimum Gasteiger partial charge on any atom is -0.441 e. The molecule has 3 rings (SSSR count). The molecule has 0 radical (unpaired) electrons. The Morgan fingerprint density at radius 1 is 1.39 bits per heavy atom. The lowest BCUT2D eigenvalue weighted by atomic mass is 9.99. The van der Waals surface area contributed by atoms with Gasteiger partial charge in [-0.25, -0.2) is 9.78 Å². The van der Waals surface area contributed by atoms with Crippen molar-refractivity contribution in [3.05, 3.63) is 36.2 Å². The third-order valence-corrected chi connectivity index (χ3v) is 4.23. The molecule has 0 spiro atoms. The Morgan fingerprint density at radius 3 is 2.83 bits per heavy atom. The number of rotatable bonds is 4. The first-order valence-corrected chi connectivity index (χ1v) is 7.83. The van der Waals surface area contributed by atoms with Crippen molar-refractivity contribution < 1.29 is 14.3 Å². The van der Waals surface area contributed by atoms with E-state index in [0.29, 0.717) is 11.6 Å². The number of carbonyl (C=O) groups is 1. The Morgan fingerprint density at radius 2 is 2.17 bits per heavy atom. The van der Waals surface area contributed by atoms with Gasteiger partial charge in [-0.15, -0.1) is 0 Å². The first-order chi connectivity index (χ1) is 11.1. The number of benzene rings is 1. The highest BCUT2D eigenvalue weighted by Crippen LogP contribution is 2.29. The predicted octanol–water partition coefficient (Wildman–Crippen LogP) is 3.08. The summed E-state index contributed by atoms with van der Waals surface area (Å²) in [6, 6.07) is 7.02. The highest BCUT2D eigenvalue weighted by atomic mass is 16.4. The van der Waals surface area contributed by atoms with Crippen molar-refractivity contribution in [1.29, 1.82) is 0 Å². The van der Waals surface area contributed by atoms with Crippen LogP contribution in [0.1, 0.15) is 31.4 Å². The second-order valence-electron chi connectivity index (χ2n) is 6.08. The molecule has 1 aliphatic carbocycles. The number of aliphatic hydroxyl groups is 1. The number of hydrogen-bond donors (Lipinski definition) is 3. The van der Waals surface area contributed by atoms with Crippen LogP contribution in [0.15, 0.2) is 34.9 Å². The van der Waals surface area contributed by atoms with Crippen LogP contribution in [0.25, 0.3) is 11.5 Å². The van der Waals surface area contributed by atoms with Crippen molar-refractivity contribution >= 4 is 11.7 Å². The van der Waals surface area contributed by atoms with Crippen LogP contribution >= 0.6 is 0 Å². The lowest BCUT2D eigenvalue weighted by Crippen LogP contribution is -2.50. The number of aromatic nitrogens is 1. The summed E-state index contributed by atoms with van der Waals surface area (Å²) in [5.41, 5.74) is 0.969. The molecular formula is C17H21N3O3. The van der Waals surface area contributed by atoms with Gasteiger partial charge in [0.1, 0.15) is 5.76 Å². The second kappa shape index (κ2) is 6.42. The van der Waals surface area contributed by atoms with E-state index in [2.05, 4.69) is 15.6 Å². The maximum Gasteiger partial charge on any atom is 0.319 e. The van der Waals surface area contributed by atoms with E-state index in [1.54, 1.807) is 12.3 Å². The lowest BCUT2D eigenvalue weighted by Gasteiger charge is -2.28. The smallest absolute Gasteiger partial charge is 0.319 e. The van der Waals surface area contributed by atoms with E-state index in [9.17, 15) is 9.90 Å². The van der Waals surface area contributed by atoms with Gasteiger partial charge in [-0.2, -0.15) is 0 Å². The zero-order chi connectivity index (χ0) is 16.3. The maximum absolute atomic E-state index is 12.2. The molecule has 0 unspecified atom stereocenters. The van der Waals surface area contributed by atoms with Crippen molar-refractivity contribution in [2.45, 2.75) is 38.1 Å². The third-order valence-electron chi connectivity index (χ3n) is 4.23. The minimum absolute atomic E-state index is 0.0317. The molecule has 1 aromatic carbocycles. The van der Waals surface area contributed by atoms with E-state index >= 15 is 0 Å². The molecule has 0 atom stereocenters. The quantitative estimate of drug-likeness (QED) is 0.809. The molecule has 122 valence electrons. The molecular weight excluding hydrogens is 294 g/mol. The first-order valence-electron chi connectivity index (χ1n) is 7.83. The number of aryl methyl sites for hydroxylation is 1. The summed E-state index contributed by atoms with van der Waals surface area (Å²) in [4.78, 5) is 16.4. The van der Waals surface area contributed by atoms with Crippen molar-refractivity contribution in [1.82, 2.24) is 10.3 Å². The van der Waals surface area contributed by atoms with Crippen LogP contribution in [0.3, 0.4) is 0 Å². The van der Waals surface area contributed by atoms with E-state index < -0.39 is 5.54 Å². The van der Waals surface area contributed by atoms with Gasteiger partial charge in [-0.1, -0.05) is 18.9 Å². The van der Waals surface area contributed by atoms with Gasteiger partial charge in [0, 0.05) is 11.3 Å². The number of oxazole rings is 1. The van der Waals surface area contributed by atoms with Crippen LogP contribution < -0.4 is 10.6 Å². The topological polar surface area (TPSA) is 87.4 Å². The fourth-order valence-corrected chi connectivity index (χ4v) is 3.00. The van der Waals surface area contributed by atoms with Crippen LogP contribution in [-0.4, -0.2) is 28.3 Å². The molecule has 1 heterocycles. The number of nitrogens with one attached hydrogen (secondary N) is 2. The summed E-state index contributed by atoms with van der Waals surface area (Å²) in [5, 5.41) is 15.3. The Kier molecular flexibility index (Phi) is 4.34. The molecule has 6 heteroatoms. The molecule has 0 bridgehead atoms. The number of amides is 2. The van der Waals surface area contributed by atoms with Gasteiger partial charge in [0.05, 0.1) is 18.3 Å². The average molecular weight is 315 g/mol. The Bertz CT molecular complexity index is 690. The van der Waals surface area contributed by atoms with Gasteiger partial charge in [-0.3, -0.25) is 0 Å². The first kappa shape index (κ1) is 15.6. The number of anilines is 1. The summed E-state index contributed by atoms with van der Waals surface area (Å²) in [6.45, 7) is 1.80. The largest absolute Gasteiger partial charge is 0.441 e. The van der Waals surface area contributed by atoms with Crippen LogP contribution in [-0.2, 0) is 0 Å². The number of nitrogens with zero attached hydrogens (tertiary/aromatic N) is 1. The molecule has 2 aromatic rings. The summed E-state index contributed by atoms with van der Waals surface area (Å²) in [5.74, 6) is 1.26. The van der Waals surface area contributed by atoms with Gasteiger partial charge >= 0.3 is 6.03 Å². The zero-order valence-electron chi connectivity index (χ0n) is 13.1. The number of carbonyl (C=O) groups excluding carboxylic acids is 1. The van der Waals surface area contributed by atoms with Gasteiger partial charge in [0.2, 0.25) is 5.89 Å². The summed E-state index contributed by atoms with van der Waals surface area (Å²) in [7, 11) is 0. The molecule has 1 saturated carbocycles. The van der Waals surface area contributed by atoms with Gasteiger partial charge < -0.3 is 20.2 Å². The average Bonchev–Trinajstić information content (AvgIpc) is 3.17. The lowest BCUT2D eigenvalue weighted by molar-refractivity contribution is 0.167. The second-order valence-corrected chi connectivity index (χ2v) is 6.08. The van der Waals surface area contributed by atoms with Crippen LogP contribution in [0.5, 0.6) is 0 Å². The summed E-state index contributed by atoms with van der Waals surface area (Å²) in [6.07, 6.45) is 5.34. The van der Waals surface area contributed by atoms with Crippen molar-refractivity contribution in [3.63, 3.8) is 0 Å². The van der Waals surface area contributed by atoms with Crippen LogP contribution in [0.2, 0.25) is 0 Å². The Labute approximate surface area is 134 Å². The standard InChI is InChI=1S/C17H21N3O3/c1-12-10-18-15(23-12)13-5-4-6-14(9-13)19-16(22)20-17(11-21)7-2-3-8-17/h4-6,9-10,21H,2-3,7-8,11H2,1H3,(H2,19,20,22).